The highest BCUT2D eigenvalue weighted by atomic mass is 127. The number of hydrogen-bond donors (Lipinski definition) is 3. The van der Waals surface area contributed by atoms with Crippen LogP contribution in [0.25, 0.3) is 0 Å². The molecule has 0 saturated carbocycles. The molecule has 0 aliphatic carbocycles. The van der Waals surface area contributed by atoms with Gasteiger partial charge >= 0.3 is 0 Å². The third kappa shape index (κ3) is 8.12. The van der Waals surface area contributed by atoms with E-state index in [4.69, 9.17) is 9.47 Å². The number of ether oxygens (including phenoxy) is 2. The molecule has 164 valence electrons. The first-order valence-electron chi connectivity index (χ1n) is 10.3. The van der Waals surface area contributed by atoms with Crippen LogP contribution < -0.4 is 15.4 Å². The minimum Gasteiger partial charge on any atom is -0.493 e. The van der Waals surface area contributed by atoms with E-state index in [2.05, 4.69) is 33.8 Å². The van der Waals surface area contributed by atoms with Crippen molar-refractivity contribution >= 4 is 29.9 Å². The van der Waals surface area contributed by atoms with Gasteiger partial charge in [0.05, 0.1) is 32.5 Å². The van der Waals surface area contributed by atoms with Crippen molar-refractivity contribution in [3.63, 3.8) is 0 Å². The van der Waals surface area contributed by atoms with E-state index in [0.717, 1.165) is 43.9 Å². The predicted octanol–water partition coefficient (Wildman–Crippen LogP) is 2.91. The Bertz CT molecular complexity index is 787. The van der Waals surface area contributed by atoms with Gasteiger partial charge in [0.1, 0.15) is 5.75 Å². The topological polar surface area (TPSA) is 75.1 Å². The smallest absolute Gasteiger partial charge is 0.191 e. The van der Waals surface area contributed by atoms with Gasteiger partial charge in [0.25, 0.3) is 0 Å². The number of aliphatic hydroxyl groups excluding tert-OH is 1. The van der Waals surface area contributed by atoms with Crippen LogP contribution in [0.2, 0.25) is 0 Å². The first kappa shape index (κ1) is 24.4. The average Bonchev–Trinajstić information content (AvgIpc) is 3.21. The zero-order valence-corrected chi connectivity index (χ0v) is 19.8. The molecule has 0 aromatic heterocycles. The Balaban J connectivity index is 0.00000320. The summed E-state index contributed by atoms with van der Waals surface area (Å²) in [5.74, 6) is 1.72. The van der Waals surface area contributed by atoms with Gasteiger partial charge in [0.2, 0.25) is 0 Å². The van der Waals surface area contributed by atoms with Crippen LogP contribution in [0.1, 0.15) is 23.6 Å². The maximum Gasteiger partial charge on any atom is 0.191 e. The van der Waals surface area contributed by atoms with E-state index in [0.29, 0.717) is 19.1 Å². The fraction of sp³-hybridized carbons (Fsp3) is 0.435. The van der Waals surface area contributed by atoms with Gasteiger partial charge in [-0.05, 0) is 36.1 Å². The molecule has 1 unspecified atom stereocenters. The van der Waals surface area contributed by atoms with Gasteiger partial charge in [-0.1, -0.05) is 42.5 Å². The molecule has 0 saturated heterocycles. The van der Waals surface area contributed by atoms with Gasteiger partial charge in [0.15, 0.2) is 5.96 Å². The molecule has 0 radical (unpaired) electrons. The number of halogens is 1. The Kier molecular flexibility index (Phi) is 11.0. The van der Waals surface area contributed by atoms with Crippen LogP contribution >= 0.6 is 24.0 Å². The molecule has 1 aliphatic rings. The Hall–Kier alpha value is -1.84. The van der Waals surface area contributed by atoms with Crippen LogP contribution in [0.5, 0.6) is 5.75 Å². The lowest BCUT2D eigenvalue weighted by Crippen LogP contribution is -2.39. The zero-order valence-electron chi connectivity index (χ0n) is 17.5. The second-order valence-corrected chi connectivity index (χ2v) is 7.09. The molecule has 0 bridgehead atoms. The summed E-state index contributed by atoms with van der Waals surface area (Å²) in [5.41, 5.74) is 3.67. The summed E-state index contributed by atoms with van der Waals surface area (Å²) in [6, 6.07) is 16.3. The molecule has 7 heteroatoms. The number of fused-ring (bicyclic) bond motifs is 1. The summed E-state index contributed by atoms with van der Waals surface area (Å²) in [5, 5.41) is 16.7. The van der Waals surface area contributed by atoms with Crippen molar-refractivity contribution in [2.45, 2.75) is 32.5 Å². The number of aliphatic hydroxyl groups is 1. The summed E-state index contributed by atoms with van der Waals surface area (Å²) >= 11 is 0. The van der Waals surface area contributed by atoms with Crippen molar-refractivity contribution in [1.82, 2.24) is 10.6 Å². The molecular formula is C23H32IN3O3. The normalized spacial score (nSPS) is 13.7. The molecule has 0 fully saturated rings. The number of guanidine groups is 1. The van der Waals surface area contributed by atoms with E-state index in [9.17, 15) is 5.11 Å². The third-order valence-corrected chi connectivity index (χ3v) is 4.69. The van der Waals surface area contributed by atoms with Crippen LogP contribution in [-0.4, -0.2) is 50.0 Å². The molecule has 0 spiro atoms. The van der Waals surface area contributed by atoms with E-state index in [1.807, 2.05) is 37.3 Å². The number of hydrogen-bond acceptors (Lipinski definition) is 4. The standard InChI is InChI=1S/C23H31N3O3.HI/c1-2-24-23(25-12-10-18-8-9-22-20(14-18)11-13-29-22)26-15-21(27)17-28-16-19-6-4-3-5-7-19;/h3-9,14,21,27H,2,10-13,15-17H2,1H3,(H2,24,25,26);1H. The predicted molar refractivity (Wildman–Crippen MR) is 131 cm³/mol. The largest absolute Gasteiger partial charge is 0.493 e. The Morgan fingerprint density at radius 2 is 2.00 bits per heavy atom. The number of nitrogens with zero attached hydrogens (tertiary/aromatic N) is 1. The van der Waals surface area contributed by atoms with E-state index < -0.39 is 6.10 Å². The van der Waals surface area contributed by atoms with E-state index in [1.165, 1.54) is 11.1 Å². The molecule has 0 amide bonds. The van der Waals surface area contributed by atoms with Crippen molar-refractivity contribution in [2.75, 3.05) is 32.8 Å². The molecule has 3 rings (SSSR count). The number of nitrogens with one attached hydrogen (secondary N) is 2. The second kappa shape index (κ2) is 13.5. The highest BCUT2D eigenvalue weighted by molar-refractivity contribution is 14.0. The van der Waals surface area contributed by atoms with Crippen LogP contribution in [0.3, 0.4) is 0 Å². The first-order valence-corrected chi connectivity index (χ1v) is 10.3. The second-order valence-electron chi connectivity index (χ2n) is 7.09. The zero-order chi connectivity index (χ0) is 20.3. The van der Waals surface area contributed by atoms with Crippen molar-refractivity contribution in [2.24, 2.45) is 4.99 Å². The molecule has 1 atom stereocenters. The van der Waals surface area contributed by atoms with Gasteiger partial charge in [-0.3, -0.25) is 4.99 Å². The lowest BCUT2D eigenvalue weighted by Gasteiger charge is -2.14. The van der Waals surface area contributed by atoms with Gasteiger partial charge < -0.3 is 25.2 Å². The third-order valence-electron chi connectivity index (χ3n) is 4.69. The lowest BCUT2D eigenvalue weighted by molar-refractivity contribution is 0.0331. The summed E-state index contributed by atoms with van der Waals surface area (Å²) in [7, 11) is 0. The van der Waals surface area contributed by atoms with Crippen LogP contribution in [-0.2, 0) is 24.2 Å². The summed E-state index contributed by atoms with van der Waals surface area (Å²) in [6.07, 6.45) is 1.26. The molecular weight excluding hydrogens is 493 g/mol. The van der Waals surface area contributed by atoms with Crippen molar-refractivity contribution in [3.05, 3.63) is 65.2 Å². The molecule has 1 heterocycles. The Morgan fingerprint density at radius 1 is 1.17 bits per heavy atom. The summed E-state index contributed by atoms with van der Waals surface area (Å²) in [6.45, 7) is 5.39. The van der Waals surface area contributed by atoms with Crippen molar-refractivity contribution in [3.8, 4) is 5.75 Å². The fourth-order valence-electron chi connectivity index (χ4n) is 3.20. The number of rotatable bonds is 10. The van der Waals surface area contributed by atoms with Crippen molar-refractivity contribution in [1.29, 1.82) is 0 Å². The van der Waals surface area contributed by atoms with Gasteiger partial charge in [-0.2, -0.15) is 0 Å². The van der Waals surface area contributed by atoms with Gasteiger partial charge in [-0.15, -0.1) is 24.0 Å². The van der Waals surface area contributed by atoms with Crippen LogP contribution in [0.15, 0.2) is 53.5 Å². The minimum absolute atomic E-state index is 0. The number of aliphatic imine (C=N–C) groups is 1. The minimum atomic E-state index is -0.633. The maximum atomic E-state index is 10.1. The quantitative estimate of drug-likeness (QED) is 0.253. The van der Waals surface area contributed by atoms with Crippen molar-refractivity contribution < 1.29 is 14.6 Å². The van der Waals surface area contributed by atoms with Gasteiger partial charge in [-0.25, -0.2) is 0 Å². The van der Waals surface area contributed by atoms with E-state index >= 15 is 0 Å². The molecule has 6 nitrogen and oxygen atoms in total. The first-order chi connectivity index (χ1) is 14.2. The average molecular weight is 525 g/mol. The van der Waals surface area contributed by atoms with E-state index in [-0.39, 0.29) is 30.6 Å². The fourth-order valence-corrected chi connectivity index (χ4v) is 3.20. The molecule has 2 aromatic rings. The van der Waals surface area contributed by atoms with Gasteiger partial charge in [0, 0.05) is 19.5 Å². The Labute approximate surface area is 196 Å². The molecule has 1 aliphatic heterocycles. The molecule has 2 aromatic carbocycles. The van der Waals surface area contributed by atoms with E-state index in [1.54, 1.807) is 0 Å². The van der Waals surface area contributed by atoms with Crippen LogP contribution in [0.4, 0.5) is 0 Å². The molecule has 3 N–H and O–H groups in total. The maximum absolute atomic E-state index is 10.1. The SMILES string of the molecule is CCNC(=NCC(O)COCc1ccccc1)NCCc1ccc2c(c1)CCO2.I. The summed E-state index contributed by atoms with van der Waals surface area (Å²) in [4.78, 5) is 4.47. The lowest BCUT2D eigenvalue weighted by atomic mass is 10.1. The highest BCUT2D eigenvalue weighted by Gasteiger charge is 2.12. The van der Waals surface area contributed by atoms with Crippen LogP contribution in [0, 0.1) is 0 Å². The summed E-state index contributed by atoms with van der Waals surface area (Å²) < 4.78 is 11.1. The Morgan fingerprint density at radius 3 is 2.80 bits per heavy atom. The number of benzene rings is 2. The monoisotopic (exact) mass is 525 g/mol. The highest BCUT2D eigenvalue weighted by Crippen LogP contribution is 2.25. The molecule has 30 heavy (non-hydrogen) atoms.